The minimum Gasteiger partial charge on any atom is -0.356 e. The number of rotatable bonds is 9. The quantitative estimate of drug-likeness (QED) is 0.512. The largest absolute Gasteiger partial charge is 0.356 e. The molecule has 0 spiro atoms. The average molecular weight is 409 g/mol. The minimum atomic E-state index is -3.72. The number of hydrogen-bond acceptors (Lipinski definition) is 5. The molecule has 148 valence electrons. The van der Waals surface area contributed by atoms with Crippen LogP contribution < -0.4 is 15.4 Å². The van der Waals surface area contributed by atoms with Crippen LogP contribution >= 0.6 is 12.4 Å². The van der Waals surface area contributed by atoms with Gasteiger partial charge in [0.25, 0.3) is 0 Å². The van der Waals surface area contributed by atoms with Crippen molar-refractivity contribution >= 4 is 28.3 Å². The highest BCUT2D eigenvalue weighted by molar-refractivity contribution is 7.89. The van der Waals surface area contributed by atoms with E-state index in [-0.39, 0.29) is 36.2 Å². The van der Waals surface area contributed by atoms with Gasteiger partial charge in [-0.25, -0.2) is 17.5 Å². The van der Waals surface area contributed by atoms with Crippen molar-refractivity contribution in [3.05, 3.63) is 30.1 Å². The van der Waals surface area contributed by atoms with E-state index in [0.29, 0.717) is 6.54 Å². The lowest BCUT2D eigenvalue weighted by atomic mass is 10.3. The second kappa shape index (κ2) is 11.5. The van der Waals surface area contributed by atoms with Crippen LogP contribution in [0.5, 0.6) is 0 Å². The lowest BCUT2D eigenvalue weighted by Gasteiger charge is -2.27. The number of hydrogen-bond donors (Lipinski definition) is 3. The van der Waals surface area contributed by atoms with E-state index < -0.39 is 15.8 Å². The summed E-state index contributed by atoms with van der Waals surface area (Å²) in [6.07, 6.45) is 0.932. The fourth-order valence-electron chi connectivity index (χ4n) is 2.55. The van der Waals surface area contributed by atoms with Crippen molar-refractivity contribution in [2.24, 2.45) is 0 Å². The van der Waals surface area contributed by atoms with E-state index in [1.165, 1.54) is 12.1 Å². The van der Waals surface area contributed by atoms with E-state index in [9.17, 15) is 17.6 Å². The highest BCUT2D eigenvalue weighted by atomic mass is 35.5. The molecule has 0 aliphatic carbocycles. The molecule has 2 rings (SSSR count). The molecule has 7 nitrogen and oxygen atoms in total. The minimum absolute atomic E-state index is 0. The molecule has 1 saturated heterocycles. The summed E-state index contributed by atoms with van der Waals surface area (Å²) in [6.45, 7) is 5.58. The number of piperazine rings is 1. The van der Waals surface area contributed by atoms with Gasteiger partial charge in [-0.1, -0.05) is 0 Å². The Kier molecular flexibility index (Phi) is 10.0. The Balaban J connectivity index is 0.00000338. The first-order valence-electron chi connectivity index (χ1n) is 8.42. The first kappa shape index (κ1) is 22.8. The SMILES string of the molecule is Cl.O=C(CCNS(=O)(=O)c1ccc(F)cc1)NCCCN1CCNCC1. The van der Waals surface area contributed by atoms with Crippen molar-refractivity contribution in [2.45, 2.75) is 17.7 Å². The molecule has 26 heavy (non-hydrogen) atoms. The fourth-order valence-corrected chi connectivity index (χ4v) is 3.58. The summed E-state index contributed by atoms with van der Waals surface area (Å²) < 4.78 is 39.1. The Hall–Kier alpha value is -1.26. The summed E-state index contributed by atoms with van der Waals surface area (Å²) in [5.41, 5.74) is 0. The number of sulfonamides is 1. The van der Waals surface area contributed by atoms with Crippen LogP contribution in [-0.4, -0.2) is 65.0 Å². The Morgan fingerprint density at radius 2 is 1.81 bits per heavy atom. The lowest BCUT2D eigenvalue weighted by Crippen LogP contribution is -2.44. The molecule has 0 saturated carbocycles. The molecule has 1 aliphatic heterocycles. The Bertz CT molecular complexity index is 652. The molecular weight excluding hydrogens is 383 g/mol. The molecule has 0 aromatic heterocycles. The summed E-state index contributed by atoms with van der Waals surface area (Å²) in [7, 11) is -3.72. The number of nitrogens with one attached hydrogen (secondary N) is 3. The molecule has 1 aliphatic rings. The smallest absolute Gasteiger partial charge is 0.240 e. The number of halogens is 2. The van der Waals surface area contributed by atoms with Crippen LogP contribution in [0.1, 0.15) is 12.8 Å². The number of nitrogens with zero attached hydrogens (tertiary/aromatic N) is 1. The first-order chi connectivity index (χ1) is 12.0. The molecule has 1 amide bonds. The maximum atomic E-state index is 12.8. The molecule has 0 unspecified atom stereocenters. The molecule has 1 fully saturated rings. The van der Waals surface area contributed by atoms with Gasteiger partial charge in [0.2, 0.25) is 15.9 Å². The number of amides is 1. The van der Waals surface area contributed by atoms with E-state index in [1.807, 2.05) is 0 Å². The molecule has 1 aromatic rings. The Morgan fingerprint density at radius 3 is 2.46 bits per heavy atom. The van der Waals surface area contributed by atoms with Crippen molar-refractivity contribution in [3.63, 3.8) is 0 Å². The van der Waals surface area contributed by atoms with Crippen molar-refractivity contribution in [1.29, 1.82) is 0 Å². The molecule has 0 atom stereocenters. The van der Waals surface area contributed by atoms with Gasteiger partial charge in [-0.2, -0.15) is 0 Å². The average Bonchev–Trinajstić information content (AvgIpc) is 2.60. The number of benzene rings is 1. The van der Waals surface area contributed by atoms with Gasteiger partial charge >= 0.3 is 0 Å². The maximum absolute atomic E-state index is 12.8. The summed E-state index contributed by atoms with van der Waals surface area (Å²) in [5, 5.41) is 6.08. The van der Waals surface area contributed by atoms with Gasteiger partial charge in [-0.15, -0.1) is 12.4 Å². The third-order valence-corrected chi connectivity index (χ3v) is 5.43. The van der Waals surface area contributed by atoms with Gasteiger partial charge in [0.15, 0.2) is 0 Å². The zero-order valence-corrected chi connectivity index (χ0v) is 16.2. The zero-order valence-electron chi connectivity index (χ0n) is 14.5. The fraction of sp³-hybridized carbons (Fsp3) is 0.562. The molecule has 1 heterocycles. The highest BCUT2D eigenvalue weighted by Crippen LogP contribution is 2.09. The van der Waals surface area contributed by atoms with E-state index in [4.69, 9.17) is 0 Å². The predicted octanol–water partition coefficient (Wildman–Crippen LogP) is 0.327. The topological polar surface area (TPSA) is 90.5 Å². The molecular formula is C16H26ClFN4O3S. The maximum Gasteiger partial charge on any atom is 0.240 e. The third-order valence-electron chi connectivity index (χ3n) is 3.95. The van der Waals surface area contributed by atoms with Crippen LogP contribution in [0.3, 0.4) is 0 Å². The number of carbonyl (C=O) groups excluding carboxylic acids is 1. The Labute approximate surface area is 160 Å². The summed E-state index contributed by atoms with van der Waals surface area (Å²) >= 11 is 0. The van der Waals surface area contributed by atoms with Gasteiger partial charge in [0, 0.05) is 45.7 Å². The Morgan fingerprint density at radius 1 is 1.15 bits per heavy atom. The standard InChI is InChI=1S/C16H25FN4O3S.ClH/c17-14-2-4-15(5-3-14)25(23,24)20-8-6-16(22)19-7-1-11-21-12-9-18-10-13-21;/h2-5,18,20H,1,6-13H2,(H,19,22);1H. The summed E-state index contributed by atoms with van der Waals surface area (Å²) in [5.74, 6) is -0.693. The molecule has 3 N–H and O–H groups in total. The van der Waals surface area contributed by atoms with Gasteiger partial charge < -0.3 is 15.5 Å². The second-order valence-electron chi connectivity index (χ2n) is 5.90. The molecule has 0 bridgehead atoms. The van der Waals surface area contributed by atoms with Crippen LogP contribution in [-0.2, 0) is 14.8 Å². The van der Waals surface area contributed by atoms with E-state index in [1.54, 1.807) is 0 Å². The van der Waals surface area contributed by atoms with Gasteiger partial charge in [-0.3, -0.25) is 4.79 Å². The summed E-state index contributed by atoms with van der Waals surface area (Å²) in [4.78, 5) is 14.1. The van der Waals surface area contributed by atoms with Crippen LogP contribution in [0.15, 0.2) is 29.2 Å². The van der Waals surface area contributed by atoms with Crippen molar-refractivity contribution in [1.82, 2.24) is 20.3 Å². The normalized spacial score (nSPS) is 15.3. The van der Waals surface area contributed by atoms with Crippen LogP contribution in [0.4, 0.5) is 4.39 Å². The monoisotopic (exact) mass is 408 g/mol. The molecule has 1 aromatic carbocycles. The van der Waals surface area contributed by atoms with Gasteiger partial charge in [-0.05, 0) is 37.2 Å². The van der Waals surface area contributed by atoms with Crippen LogP contribution in [0.25, 0.3) is 0 Å². The first-order valence-corrected chi connectivity index (χ1v) is 9.91. The predicted molar refractivity (Wildman–Crippen MR) is 100 cm³/mol. The van der Waals surface area contributed by atoms with E-state index in [0.717, 1.165) is 51.3 Å². The molecule has 10 heteroatoms. The highest BCUT2D eigenvalue weighted by Gasteiger charge is 2.14. The van der Waals surface area contributed by atoms with E-state index in [2.05, 4.69) is 20.3 Å². The van der Waals surface area contributed by atoms with Gasteiger partial charge in [0.1, 0.15) is 5.82 Å². The molecule has 0 radical (unpaired) electrons. The number of carbonyl (C=O) groups is 1. The summed E-state index contributed by atoms with van der Waals surface area (Å²) in [6, 6.07) is 4.54. The second-order valence-corrected chi connectivity index (χ2v) is 7.66. The third kappa shape index (κ3) is 7.96. The lowest BCUT2D eigenvalue weighted by molar-refractivity contribution is -0.120. The van der Waals surface area contributed by atoms with Gasteiger partial charge in [0.05, 0.1) is 4.90 Å². The van der Waals surface area contributed by atoms with Crippen LogP contribution in [0.2, 0.25) is 0 Å². The zero-order chi connectivity index (χ0) is 18.1. The van der Waals surface area contributed by atoms with Crippen molar-refractivity contribution in [3.8, 4) is 0 Å². The van der Waals surface area contributed by atoms with Crippen molar-refractivity contribution in [2.75, 3.05) is 45.8 Å². The van der Waals surface area contributed by atoms with Crippen LogP contribution in [0, 0.1) is 5.82 Å². The van der Waals surface area contributed by atoms with Crippen molar-refractivity contribution < 1.29 is 17.6 Å². The van der Waals surface area contributed by atoms with E-state index >= 15 is 0 Å².